The average Bonchev–Trinajstić information content (AvgIpc) is 2.29. The normalized spacial score (nSPS) is 9.53. The fraction of sp³-hybridized carbons (Fsp3) is 0.333. The molecule has 1 aromatic carbocycles. The third-order valence-electron chi connectivity index (χ3n) is 2.27. The summed E-state index contributed by atoms with van der Waals surface area (Å²) in [7, 11) is 1.84. The number of halogens is 1. The van der Waals surface area contributed by atoms with Crippen LogP contribution in [0.2, 0.25) is 5.02 Å². The first-order valence-electron chi connectivity index (χ1n) is 5.20. The zero-order valence-corrected chi connectivity index (χ0v) is 11.4. The van der Waals surface area contributed by atoms with Crippen LogP contribution in [-0.4, -0.2) is 23.6 Å². The number of anilines is 1. The van der Waals surface area contributed by atoms with Crippen molar-refractivity contribution in [3.63, 3.8) is 0 Å². The van der Waals surface area contributed by atoms with E-state index in [0.29, 0.717) is 23.1 Å². The van der Waals surface area contributed by atoms with Gasteiger partial charge < -0.3 is 10.2 Å². The maximum atomic E-state index is 8.50. The molecule has 0 amide bonds. The van der Waals surface area contributed by atoms with Gasteiger partial charge in [0.15, 0.2) is 5.11 Å². The molecule has 0 atom stereocenters. The highest BCUT2D eigenvalue weighted by Gasteiger charge is 2.06. The van der Waals surface area contributed by atoms with Crippen molar-refractivity contribution in [3.8, 4) is 6.07 Å². The Kier molecular flexibility index (Phi) is 5.20. The minimum absolute atomic E-state index is 0.444. The van der Waals surface area contributed by atoms with Crippen LogP contribution in [0.4, 0.5) is 5.69 Å². The number of nitrogens with zero attached hydrogens (tertiary/aromatic N) is 2. The molecule has 3 nitrogen and oxygen atoms in total. The van der Waals surface area contributed by atoms with Crippen molar-refractivity contribution in [1.29, 1.82) is 5.26 Å². The highest BCUT2D eigenvalue weighted by atomic mass is 35.5. The Morgan fingerprint density at radius 1 is 1.59 bits per heavy atom. The van der Waals surface area contributed by atoms with Crippen molar-refractivity contribution < 1.29 is 0 Å². The van der Waals surface area contributed by atoms with Gasteiger partial charge in [-0.15, -0.1) is 0 Å². The van der Waals surface area contributed by atoms with Crippen molar-refractivity contribution in [1.82, 2.24) is 4.90 Å². The number of benzene rings is 1. The third-order valence-corrected chi connectivity index (χ3v) is 3.00. The second kappa shape index (κ2) is 6.43. The molecule has 17 heavy (non-hydrogen) atoms. The molecule has 0 fully saturated rings. The summed E-state index contributed by atoms with van der Waals surface area (Å²) in [5.41, 5.74) is 1.88. The summed E-state index contributed by atoms with van der Waals surface area (Å²) < 4.78 is 0. The highest BCUT2D eigenvalue weighted by molar-refractivity contribution is 7.80. The van der Waals surface area contributed by atoms with E-state index in [1.54, 1.807) is 0 Å². The van der Waals surface area contributed by atoms with Gasteiger partial charge in [-0.2, -0.15) is 5.26 Å². The lowest BCUT2D eigenvalue weighted by molar-refractivity contribution is 0.523. The zero-order chi connectivity index (χ0) is 12.8. The van der Waals surface area contributed by atoms with Gasteiger partial charge in [-0.3, -0.25) is 0 Å². The van der Waals surface area contributed by atoms with Gasteiger partial charge >= 0.3 is 0 Å². The summed E-state index contributed by atoms with van der Waals surface area (Å²) in [4.78, 5) is 1.81. The number of thiocarbonyl (C=S) groups is 1. The Bertz CT molecular complexity index is 454. The fourth-order valence-corrected chi connectivity index (χ4v) is 1.73. The Morgan fingerprint density at radius 2 is 2.29 bits per heavy atom. The van der Waals surface area contributed by atoms with E-state index in [1.807, 2.05) is 37.1 Å². The lowest BCUT2D eigenvalue weighted by Crippen LogP contribution is -2.31. The number of nitriles is 1. The Morgan fingerprint density at radius 3 is 2.88 bits per heavy atom. The summed E-state index contributed by atoms with van der Waals surface area (Å²) in [5, 5.41) is 12.8. The predicted molar refractivity (Wildman–Crippen MR) is 75.3 cm³/mol. The number of hydrogen-bond donors (Lipinski definition) is 1. The van der Waals surface area contributed by atoms with E-state index in [-0.39, 0.29) is 0 Å². The highest BCUT2D eigenvalue weighted by Crippen LogP contribution is 2.22. The van der Waals surface area contributed by atoms with Crippen LogP contribution in [0.3, 0.4) is 0 Å². The van der Waals surface area contributed by atoms with Crippen molar-refractivity contribution in [2.24, 2.45) is 0 Å². The topological polar surface area (TPSA) is 39.1 Å². The second-order valence-corrected chi connectivity index (χ2v) is 4.54. The third kappa shape index (κ3) is 4.22. The van der Waals surface area contributed by atoms with E-state index in [1.165, 1.54) is 0 Å². The van der Waals surface area contributed by atoms with Crippen LogP contribution in [0.25, 0.3) is 0 Å². The van der Waals surface area contributed by atoms with Crippen LogP contribution in [0.15, 0.2) is 18.2 Å². The lowest BCUT2D eigenvalue weighted by atomic mass is 10.2. The second-order valence-electron chi connectivity index (χ2n) is 3.74. The van der Waals surface area contributed by atoms with E-state index in [9.17, 15) is 0 Å². The quantitative estimate of drug-likeness (QED) is 0.854. The molecule has 0 spiro atoms. The number of nitrogens with one attached hydrogen (secondary N) is 1. The molecule has 0 aromatic heterocycles. The van der Waals surface area contributed by atoms with Crippen molar-refractivity contribution in [2.75, 3.05) is 18.9 Å². The van der Waals surface area contributed by atoms with E-state index < -0.39 is 0 Å². The molecule has 1 aromatic rings. The Hall–Kier alpha value is -1.31. The van der Waals surface area contributed by atoms with E-state index >= 15 is 0 Å². The van der Waals surface area contributed by atoms with Crippen LogP contribution in [0, 0.1) is 18.3 Å². The predicted octanol–water partition coefficient (Wildman–Crippen LogP) is 3.19. The van der Waals surface area contributed by atoms with Crippen molar-refractivity contribution in [3.05, 3.63) is 28.8 Å². The van der Waals surface area contributed by atoms with Gasteiger partial charge in [0, 0.05) is 13.6 Å². The standard InChI is InChI=1S/C12H14ClN3S/c1-9-4-5-11(10(13)8-9)15-12(17)16(2)7-3-6-14/h4-5,8H,3,7H2,1-2H3,(H,15,17). The van der Waals surface area contributed by atoms with Crippen LogP contribution < -0.4 is 5.32 Å². The minimum atomic E-state index is 0.444. The van der Waals surface area contributed by atoms with Crippen LogP contribution in [0.5, 0.6) is 0 Å². The molecule has 1 rings (SSSR count). The van der Waals surface area contributed by atoms with Gasteiger partial charge in [-0.05, 0) is 36.8 Å². The first-order chi connectivity index (χ1) is 8.04. The summed E-state index contributed by atoms with van der Waals surface area (Å²) >= 11 is 11.3. The van der Waals surface area contributed by atoms with E-state index in [2.05, 4.69) is 11.4 Å². The molecule has 0 heterocycles. The van der Waals surface area contributed by atoms with Gasteiger partial charge in [-0.25, -0.2) is 0 Å². The molecule has 0 aliphatic carbocycles. The average molecular weight is 268 g/mol. The molecule has 0 aliphatic heterocycles. The fourth-order valence-electron chi connectivity index (χ4n) is 1.25. The monoisotopic (exact) mass is 267 g/mol. The number of hydrogen-bond acceptors (Lipinski definition) is 2. The smallest absolute Gasteiger partial charge is 0.173 e. The maximum absolute atomic E-state index is 8.50. The first kappa shape index (κ1) is 13.8. The number of aryl methyl sites for hydroxylation is 1. The van der Waals surface area contributed by atoms with Gasteiger partial charge in [0.2, 0.25) is 0 Å². The molecular formula is C12H14ClN3S. The maximum Gasteiger partial charge on any atom is 0.173 e. The van der Waals surface area contributed by atoms with Crippen molar-refractivity contribution >= 4 is 34.6 Å². The first-order valence-corrected chi connectivity index (χ1v) is 5.98. The Balaban J connectivity index is 2.65. The molecule has 90 valence electrons. The van der Waals surface area contributed by atoms with Crippen LogP contribution >= 0.6 is 23.8 Å². The molecule has 1 N–H and O–H groups in total. The summed E-state index contributed by atoms with van der Waals surface area (Å²) in [6.07, 6.45) is 0.444. The molecule has 0 aliphatic rings. The van der Waals surface area contributed by atoms with Gasteiger partial charge in [0.1, 0.15) is 0 Å². The molecule has 0 unspecified atom stereocenters. The van der Waals surface area contributed by atoms with Crippen LogP contribution in [0.1, 0.15) is 12.0 Å². The molecule has 5 heteroatoms. The van der Waals surface area contributed by atoms with Crippen molar-refractivity contribution in [2.45, 2.75) is 13.3 Å². The summed E-state index contributed by atoms with van der Waals surface area (Å²) in [6.45, 7) is 2.58. The van der Waals surface area contributed by atoms with Crippen LogP contribution in [-0.2, 0) is 0 Å². The molecule has 0 radical (unpaired) electrons. The van der Waals surface area contributed by atoms with Gasteiger partial charge in [0.05, 0.1) is 23.2 Å². The lowest BCUT2D eigenvalue weighted by Gasteiger charge is -2.20. The Labute approximate surface area is 112 Å². The largest absolute Gasteiger partial charge is 0.351 e. The van der Waals surface area contributed by atoms with Gasteiger partial charge in [0.25, 0.3) is 0 Å². The molecule has 0 bridgehead atoms. The zero-order valence-electron chi connectivity index (χ0n) is 9.83. The van der Waals surface area contributed by atoms with E-state index in [0.717, 1.165) is 11.3 Å². The van der Waals surface area contributed by atoms with E-state index in [4.69, 9.17) is 29.1 Å². The summed E-state index contributed by atoms with van der Waals surface area (Å²) in [6, 6.07) is 7.81. The molecule has 0 saturated carbocycles. The minimum Gasteiger partial charge on any atom is -0.351 e. The SMILES string of the molecule is Cc1ccc(NC(=S)N(C)CCC#N)c(Cl)c1. The van der Waals surface area contributed by atoms with Gasteiger partial charge in [-0.1, -0.05) is 17.7 Å². The number of rotatable bonds is 3. The summed E-state index contributed by atoms with van der Waals surface area (Å²) in [5.74, 6) is 0. The molecular weight excluding hydrogens is 254 g/mol. The molecule has 0 saturated heterocycles.